The van der Waals surface area contributed by atoms with E-state index in [0.717, 1.165) is 0 Å². The first-order valence-corrected chi connectivity index (χ1v) is 6.94. The minimum absolute atomic E-state index is 0.145. The summed E-state index contributed by atoms with van der Waals surface area (Å²) in [5.41, 5.74) is -0.115. The van der Waals surface area contributed by atoms with E-state index in [1.807, 2.05) is 0 Å². The van der Waals surface area contributed by atoms with Gasteiger partial charge in [-0.05, 0) is 31.4 Å². The lowest BCUT2D eigenvalue weighted by atomic mass is 9.84. The van der Waals surface area contributed by atoms with Crippen LogP contribution in [0.1, 0.15) is 25.3 Å². The van der Waals surface area contributed by atoms with Gasteiger partial charge in [-0.2, -0.15) is 0 Å². The lowest BCUT2D eigenvalue weighted by Gasteiger charge is -2.23. The van der Waals surface area contributed by atoms with Crippen molar-refractivity contribution in [1.29, 1.82) is 0 Å². The molecule has 6 heteroatoms. The van der Waals surface area contributed by atoms with Crippen molar-refractivity contribution in [1.82, 2.24) is 4.90 Å². The van der Waals surface area contributed by atoms with Gasteiger partial charge < -0.3 is 15.3 Å². The number of carboxylic acid groups (broad SMARTS) is 1. The largest absolute Gasteiger partial charge is 0.481 e. The molecule has 2 N–H and O–H groups in total. The third-order valence-electron chi connectivity index (χ3n) is 4.23. The molecular formula is C15H19FN2O3. The number of anilines is 1. The van der Waals surface area contributed by atoms with Crippen LogP contribution < -0.4 is 5.32 Å². The fourth-order valence-electron chi connectivity index (χ4n) is 2.64. The van der Waals surface area contributed by atoms with Gasteiger partial charge in [-0.15, -0.1) is 0 Å². The Balaban J connectivity index is 2.11. The van der Waals surface area contributed by atoms with Crippen LogP contribution in [0.2, 0.25) is 0 Å². The number of hydrogen-bond acceptors (Lipinski definition) is 2. The summed E-state index contributed by atoms with van der Waals surface area (Å²) in [7, 11) is 0. The Bertz CT molecular complexity index is 556. The predicted octanol–water partition coefficient (Wildman–Crippen LogP) is 2.85. The van der Waals surface area contributed by atoms with Crippen LogP contribution in [0.5, 0.6) is 0 Å². The minimum Gasteiger partial charge on any atom is -0.481 e. The van der Waals surface area contributed by atoms with Crippen molar-refractivity contribution in [3.8, 4) is 0 Å². The number of nitrogens with zero attached hydrogens (tertiary/aromatic N) is 1. The molecule has 1 atom stereocenters. The summed E-state index contributed by atoms with van der Waals surface area (Å²) < 4.78 is 13.7. The van der Waals surface area contributed by atoms with Crippen LogP contribution in [-0.2, 0) is 4.79 Å². The van der Waals surface area contributed by atoms with Crippen molar-refractivity contribution in [2.75, 3.05) is 18.4 Å². The van der Waals surface area contributed by atoms with Gasteiger partial charge >= 0.3 is 12.0 Å². The molecular weight excluding hydrogens is 275 g/mol. The summed E-state index contributed by atoms with van der Waals surface area (Å²) in [6.45, 7) is 4.02. The van der Waals surface area contributed by atoms with Crippen LogP contribution in [0.3, 0.4) is 0 Å². The Morgan fingerprint density at radius 3 is 2.71 bits per heavy atom. The van der Waals surface area contributed by atoms with Gasteiger partial charge in [0, 0.05) is 13.1 Å². The topological polar surface area (TPSA) is 69.6 Å². The second-order valence-electron chi connectivity index (χ2n) is 5.47. The number of amides is 2. The predicted molar refractivity (Wildman–Crippen MR) is 76.7 cm³/mol. The molecule has 2 rings (SSSR count). The number of carbonyl (C=O) groups excluding carboxylic acids is 1. The first-order valence-electron chi connectivity index (χ1n) is 6.94. The number of aliphatic carboxylic acids is 1. The number of halogens is 1. The number of rotatable bonds is 3. The van der Waals surface area contributed by atoms with E-state index in [9.17, 15) is 19.1 Å². The zero-order valence-electron chi connectivity index (χ0n) is 12.1. The molecule has 1 aromatic carbocycles. The molecule has 1 fully saturated rings. The molecule has 1 saturated heterocycles. The fraction of sp³-hybridized carbons (Fsp3) is 0.467. The van der Waals surface area contributed by atoms with E-state index in [4.69, 9.17) is 0 Å². The maximum absolute atomic E-state index is 13.7. The molecule has 0 radical (unpaired) electrons. The van der Waals surface area contributed by atoms with Crippen LogP contribution in [0.25, 0.3) is 0 Å². The van der Waals surface area contributed by atoms with Gasteiger partial charge in [0.1, 0.15) is 5.82 Å². The number of likely N-dealkylation sites (tertiary alicyclic amines) is 1. The molecule has 0 spiro atoms. The van der Waals surface area contributed by atoms with Gasteiger partial charge in [0.25, 0.3) is 0 Å². The van der Waals surface area contributed by atoms with Crippen molar-refractivity contribution in [2.24, 2.45) is 5.41 Å². The van der Waals surface area contributed by atoms with E-state index in [1.54, 1.807) is 26.0 Å². The maximum atomic E-state index is 13.7. The zero-order valence-corrected chi connectivity index (χ0v) is 12.1. The normalized spacial score (nSPS) is 21.4. The number of aryl methyl sites for hydroxylation is 1. The molecule has 114 valence electrons. The third kappa shape index (κ3) is 2.84. The van der Waals surface area contributed by atoms with Crippen molar-refractivity contribution in [2.45, 2.75) is 26.7 Å². The highest BCUT2D eigenvalue weighted by atomic mass is 19.1. The van der Waals surface area contributed by atoms with E-state index in [1.165, 1.54) is 11.0 Å². The Morgan fingerprint density at radius 2 is 2.19 bits per heavy atom. The molecule has 2 amide bonds. The molecule has 1 aliphatic rings. The Morgan fingerprint density at radius 1 is 1.48 bits per heavy atom. The van der Waals surface area contributed by atoms with Crippen LogP contribution in [0.15, 0.2) is 18.2 Å². The van der Waals surface area contributed by atoms with Gasteiger partial charge in [0.2, 0.25) is 0 Å². The summed E-state index contributed by atoms with van der Waals surface area (Å²) >= 11 is 0. The number of para-hydroxylation sites is 1. The van der Waals surface area contributed by atoms with Crippen molar-refractivity contribution < 1.29 is 19.1 Å². The average molecular weight is 294 g/mol. The number of hydrogen-bond donors (Lipinski definition) is 2. The molecule has 0 aliphatic carbocycles. The number of nitrogens with one attached hydrogen (secondary N) is 1. The second-order valence-corrected chi connectivity index (χ2v) is 5.47. The molecule has 0 aromatic heterocycles. The molecule has 21 heavy (non-hydrogen) atoms. The number of urea groups is 1. The second kappa shape index (κ2) is 5.71. The zero-order chi connectivity index (χ0) is 15.6. The van der Waals surface area contributed by atoms with Crippen molar-refractivity contribution in [3.05, 3.63) is 29.6 Å². The SMILES string of the molecule is CCC1(C(=O)O)CCN(C(=O)Nc2c(C)cccc2F)C1. The van der Waals surface area contributed by atoms with Crippen molar-refractivity contribution >= 4 is 17.7 Å². The summed E-state index contributed by atoms with van der Waals surface area (Å²) in [6, 6.07) is 4.10. The molecule has 0 saturated carbocycles. The highest BCUT2D eigenvalue weighted by molar-refractivity contribution is 5.91. The lowest BCUT2D eigenvalue weighted by molar-refractivity contribution is -0.148. The summed E-state index contributed by atoms with van der Waals surface area (Å²) in [6.07, 6.45) is 0.882. The first kappa shape index (κ1) is 15.3. The number of benzene rings is 1. The quantitative estimate of drug-likeness (QED) is 0.900. The van der Waals surface area contributed by atoms with Crippen LogP contribution in [0.4, 0.5) is 14.9 Å². The minimum atomic E-state index is -0.887. The Labute approximate surface area is 122 Å². The van der Waals surface area contributed by atoms with Gasteiger partial charge in [-0.25, -0.2) is 9.18 Å². The number of carboxylic acids is 1. The monoisotopic (exact) mass is 294 g/mol. The van der Waals surface area contributed by atoms with Crippen LogP contribution in [-0.4, -0.2) is 35.1 Å². The maximum Gasteiger partial charge on any atom is 0.321 e. The van der Waals surface area contributed by atoms with E-state index >= 15 is 0 Å². The molecule has 1 aliphatic heterocycles. The number of carbonyl (C=O) groups is 2. The highest BCUT2D eigenvalue weighted by Crippen LogP contribution is 2.34. The van der Waals surface area contributed by atoms with E-state index in [-0.39, 0.29) is 12.2 Å². The Kier molecular flexibility index (Phi) is 4.16. The third-order valence-corrected chi connectivity index (χ3v) is 4.23. The smallest absolute Gasteiger partial charge is 0.321 e. The molecule has 1 heterocycles. The summed E-state index contributed by atoms with van der Waals surface area (Å²) in [4.78, 5) is 25.0. The molecule has 1 unspecified atom stereocenters. The average Bonchev–Trinajstić information content (AvgIpc) is 2.89. The van der Waals surface area contributed by atoms with Crippen molar-refractivity contribution in [3.63, 3.8) is 0 Å². The molecule has 5 nitrogen and oxygen atoms in total. The van der Waals surface area contributed by atoms with E-state index in [0.29, 0.717) is 24.9 Å². The fourth-order valence-corrected chi connectivity index (χ4v) is 2.64. The van der Waals surface area contributed by atoms with Crippen LogP contribution >= 0.6 is 0 Å². The summed E-state index contributed by atoms with van der Waals surface area (Å²) in [5.74, 6) is -1.38. The van der Waals surface area contributed by atoms with Gasteiger partial charge in [0.05, 0.1) is 11.1 Å². The first-order chi connectivity index (χ1) is 9.89. The van der Waals surface area contributed by atoms with Crippen LogP contribution in [0, 0.1) is 18.2 Å². The molecule has 0 bridgehead atoms. The van der Waals surface area contributed by atoms with Gasteiger partial charge in [0.15, 0.2) is 0 Å². The highest BCUT2D eigenvalue weighted by Gasteiger charge is 2.44. The van der Waals surface area contributed by atoms with E-state index < -0.39 is 23.2 Å². The van der Waals surface area contributed by atoms with Gasteiger partial charge in [-0.3, -0.25) is 4.79 Å². The summed E-state index contributed by atoms with van der Waals surface area (Å²) in [5, 5.41) is 11.9. The standard InChI is InChI=1S/C15H19FN2O3/c1-3-15(13(19)20)7-8-18(9-15)14(21)17-12-10(2)5-4-6-11(12)16/h4-6H,3,7-9H2,1-2H3,(H,17,21)(H,19,20). The Hall–Kier alpha value is -2.11. The van der Waals surface area contributed by atoms with E-state index in [2.05, 4.69) is 5.32 Å². The van der Waals surface area contributed by atoms with Gasteiger partial charge in [-0.1, -0.05) is 19.1 Å². The molecule has 1 aromatic rings. The lowest BCUT2D eigenvalue weighted by Crippen LogP contribution is -2.38.